The van der Waals surface area contributed by atoms with Crippen molar-refractivity contribution in [2.75, 3.05) is 10.6 Å². The van der Waals surface area contributed by atoms with Gasteiger partial charge in [0.1, 0.15) is 0 Å². The molecule has 5 nitrogen and oxygen atoms in total. The summed E-state index contributed by atoms with van der Waals surface area (Å²) in [5.74, 6) is -0.829. The molecule has 37 heavy (non-hydrogen) atoms. The van der Waals surface area contributed by atoms with E-state index in [4.69, 9.17) is 0 Å². The Hall–Kier alpha value is -4.29. The van der Waals surface area contributed by atoms with Gasteiger partial charge in [-0.3, -0.25) is 14.4 Å². The van der Waals surface area contributed by atoms with Crippen molar-refractivity contribution in [1.82, 2.24) is 0 Å². The number of hydrogen-bond acceptors (Lipinski definition) is 3. The Balaban J connectivity index is 1.55. The van der Waals surface area contributed by atoms with Crippen LogP contribution in [0.25, 0.3) is 6.08 Å². The van der Waals surface area contributed by atoms with Crippen molar-refractivity contribution in [3.63, 3.8) is 0 Å². The van der Waals surface area contributed by atoms with Crippen LogP contribution >= 0.6 is 15.9 Å². The second-order valence-electron chi connectivity index (χ2n) is 8.54. The summed E-state index contributed by atoms with van der Waals surface area (Å²) in [6, 6.07) is 29.0. The average Bonchev–Trinajstić information content (AvgIpc) is 2.90. The Bertz CT molecular complexity index is 1440. The summed E-state index contributed by atoms with van der Waals surface area (Å²) in [5.41, 5.74) is 4.47. The Morgan fingerprint density at radius 3 is 2.22 bits per heavy atom. The smallest absolute Gasteiger partial charge is 0.248 e. The molecular weight excluding hydrogens is 528 g/mol. The fourth-order valence-electron chi connectivity index (χ4n) is 3.68. The summed E-state index contributed by atoms with van der Waals surface area (Å²) in [6.45, 7) is 1.99. The van der Waals surface area contributed by atoms with Gasteiger partial charge in [-0.2, -0.15) is 0 Å². The fraction of sp³-hybridized carbons (Fsp3) is 0.0645. The predicted molar refractivity (Wildman–Crippen MR) is 152 cm³/mol. The molecule has 2 N–H and O–H groups in total. The summed E-state index contributed by atoms with van der Waals surface area (Å²) in [4.78, 5) is 38.6. The van der Waals surface area contributed by atoms with E-state index in [1.54, 1.807) is 48.5 Å². The van der Waals surface area contributed by atoms with Gasteiger partial charge in [-0.15, -0.1) is 0 Å². The highest BCUT2D eigenvalue weighted by atomic mass is 79.9. The Labute approximate surface area is 224 Å². The van der Waals surface area contributed by atoms with Crippen LogP contribution in [0.2, 0.25) is 0 Å². The van der Waals surface area contributed by atoms with Gasteiger partial charge in [-0.25, -0.2) is 0 Å². The molecule has 0 saturated heterocycles. The first-order chi connectivity index (χ1) is 17.9. The third kappa shape index (κ3) is 7.35. The van der Waals surface area contributed by atoms with Crippen molar-refractivity contribution in [1.29, 1.82) is 0 Å². The number of rotatable bonds is 8. The SMILES string of the molecule is Cc1ccc(CC(=O)Nc2ccc(NC(=O)/C=C/c3ccc(Br)cc3)cc2C(=O)c2ccccc2)cc1. The molecule has 0 radical (unpaired) electrons. The summed E-state index contributed by atoms with van der Waals surface area (Å²) < 4.78 is 0.954. The Kier molecular flexibility index (Phi) is 8.44. The highest BCUT2D eigenvalue weighted by Gasteiger charge is 2.17. The molecule has 0 saturated carbocycles. The molecule has 4 aromatic carbocycles. The van der Waals surface area contributed by atoms with Crippen LogP contribution in [0.4, 0.5) is 11.4 Å². The number of amides is 2. The van der Waals surface area contributed by atoms with Gasteiger partial charge in [0.25, 0.3) is 0 Å². The number of carbonyl (C=O) groups is 3. The molecule has 0 heterocycles. The molecule has 0 unspecified atom stereocenters. The molecule has 0 fully saturated rings. The van der Waals surface area contributed by atoms with Crippen LogP contribution < -0.4 is 10.6 Å². The van der Waals surface area contributed by atoms with E-state index in [0.29, 0.717) is 16.9 Å². The topological polar surface area (TPSA) is 75.3 Å². The lowest BCUT2D eigenvalue weighted by Crippen LogP contribution is -2.18. The van der Waals surface area contributed by atoms with E-state index < -0.39 is 0 Å². The monoisotopic (exact) mass is 552 g/mol. The summed E-state index contributed by atoms with van der Waals surface area (Å²) in [6.07, 6.45) is 3.31. The number of benzene rings is 4. The molecule has 0 bridgehead atoms. The number of aryl methyl sites for hydroxylation is 1. The normalized spacial score (nSPS) is 10.8. The van der Waals surface area contributed by atoms with Crippen molar-refractivity contribution in [3.8, 4) is 0 Å². The van der Waals surface area contributed by atoms with Gasteiger partial charge in [0.05, 0.1) is 12.1 Å². The van der Waals surface area contributed by atoms with Gasteiger partial charge in [-0.1, -0.05) is 88.2 Å². The van der Waals surface area contributed by atoms with Gasteiger partial charge >= 0.3 is 0 Å². The average molecular weight is 553 g/mol. The number of anilines is 2. The number of ketones is 1. The van der Waals surface area contributed by atoms with Crippen LogP contribution in [0, 0.1) is 6.92 Å². The second-order valence-corrected chi connectivity index (χ2v) is 9.46. The fourth-order valence-corrected chi connectivity index (χ4v) is 3.94. The van der Waals surface area contributed by atoms with Gasteiger partial charge in [0.2, 0.25) is 11.8 Å². The summed E-state index contributed by atoms with van der Waals surface area (Å²) in [5, 5.41) is 5.66. The zero-order valence-corrected chi connectivity index (χ0v) is 21.8. The molecule has 0 aliphatic rings. The van der Waals surface area contributed by atoms with Crippen molar-refractivity contribution in [3.05, 3.63) is 135 Å². The van der Waals surface area contributed by atoms with E-state index in [2.05, 4.69) is 26.6 Å². The van der Waals surface area contributed by atoms with E-state index in [9.17, 15) is 14.4 Å². The zero-order chi connectivity index (χ0) is 26.2. The van der Waals surface area contributed by atoms with Crippen LogP contribution in [0.15, 0.2) is 108 Å². The third-order valence-corrected chi connectivity index (χ3v) is 6.15. The maximum absolute atomic E-state index is 13.3. The van der Waals surface area contributed by atoms with Crippen LogP contribution in [-0.4, -0.2) is 17.6 Å². The molecule has 0 aromatic heterocycles. The first-order valence-electron chi connectivity index (χ1n) is 11.7. The number of nitrogens with one attached hydrogen (secondary N) is 2. The molecule has 4 rings (SSSR count). The molecule has 184 valence electrons. The number of carbonyl (C=O) groups excluding carboxylic acids is 3. The molecule has 2 amide bonds. The quantitative estimate of drug-likeness (QED) is 0.186. The van der Waals surface area contributed by atoms with Gasteiger partial charge < -0.3 is 10.6 Å². The van der Waals surface area contributed by atoms with Crippen molar-refractivity contribution >= 4 is 51.0 Å². The predicted octanol–water partition coefficient (Wildman–Crippen LogP) is 6.82. The minimum absolute atomic E-state index is 0.179. The Morgan fingerprint density at radius 2 is 1.51 bits per heavy atom. The molecule has 0 spiro atoms. The van der Waals surface area contributed by atoms with Crippen LogP contribution in [0.1, 0.15) is 32.6 Å². The second kappa shape index (κ2) is 12.1. The third-order valence-electron chi connectivity index (χ3n) is 5.62. The lowest BCUT2D eigenvalue weighted by atomic mass is 10.0. The molecular formula is C31H25BrN2O3. The van der Waals surface area contributed by atoms with Crippen molar-refractivity contribution in [2.24, 2.45) is 0 Å². The standard InChI is InChI=1S/C31H25BrN2O3/c1-21-7-9-23(10-8-21)19-30(36)34-28-17-16-26(20-27(28)31(37)24-5-3-2-4-6-24)33-29(35)18-13-22-11-14-25(32)15-12-22/h2-18,20H,19H2,1H3,(H,33,35)(H,34,36)/b18-13+. The maximum Gasteiger partial charge on any atom is 0.248 e. The number of halogens is 1. The highest BCUT2D eigenvalue weighted by Crippen LogP contribution is 2.24. The van der Waals surface area contributed by atoms with Crippen molar-refractivity contribution in [2.45, 2.75) is 13.3 Å². The maximum atomic E-state index is 13.3. The highest BCUT2D eigenvalue weighted by molar-refractivity contribution is 9.10. The van der Waals surface area contributed by atoms with Crippen LogP contribution in [0.3, 0.4) is 0 Å². The minimum Gasteiger partial charge on any atom is -0.325 e. The largest absolute Gasteiger partial charge is 0.325 e. The lowest BCUT2D eigenvalue weighted by Gasteiger charge is -2.13. The van der Waals surface area contributed by atoms with E-state index >= 15 is 0 Å². The molecule has 6 heteroatoms. The van der Waals surface area contributed by atoms with Gasteiger partial charge in [0.15, 0.2) is 5.78 Å². The van der Waals surface area contributed by atoms with Crippen LogP contribution in [-0.2, 0) is 16.0 Å². The number of hydrogen-bond donors (Lipinski definition) is 2. The van der Waals surface area contributed by atoms with E-state index in [-0.39, 0.29) is 29.6 Å². The van der Waals surface area contributed by atoms with Crippen molar-refractivity contribution < 1.29 is 14.4 Å². The minimum atomic E-state index is -0.336. The first kappa shape index (κ1) is 25.8. The molecule has 0 aliphatic carbocycles. The van der Waals surface area contributed by atoms with E-state index in [1.807, 2.05) is 61.5 Å². The first-order valence-corrected chi connectivity index (χ1v) is 12.5. The molecule has 0 aliphatic heterocycles. The van der Waals surface area contributed by atoms with Gasteiger partial charge in [-0.05, 0) is 54.5 Å². The van der Waals surface area contributed by atoms with Crippen LogP contribution in [0.5, 0.6) is 0 Å². The Morgan fingerprint density at radius 1 is 0.811 bits per heavy atom. The summed E-state index contributed by atoms with van der Waals surface area (Å²) in [7, 11) is 0. The summed E-state index contributed by atoms with van der Waals surface area (Å²) >= 11 is 3.39. The molecule has 4 aromatic rings. The molecule has 0 atom stereocenters. The van der Waals surface area contributed by atoms with E-state index in [0.717, 1.165) is 21.2 Å². The van der Waals surface area contributed by atoms with Gasteiger partial charge in [0, 0.05) is 27.4 Å². The van der Waals surface area contributed by atoms with E-state index in [1.165, 1.54) is 6.08 Å². The lowest BCUT2D eigenvalue weighted by molar-refractivity contribution is -0.115. The zero-order valence-electron chi connectivity index (χ0n) is 20.2.